The van der Waals surface area contributed by atoms with Gasteiger partial charge >= 0.3 is 5.97 Å². The van der Waals surface area contributed by atoms with E-state index in [-0.39, 0.29) is 18.6 Å². The topological polar surface area (TPSA) is 38.8 Å². The predicted octanol–water partition coefficient (Wildman–Crippen LogP) is 2.13. The first kappa shape index (κ1) is 18.2. The Morgan fingerprint density at radius 1 is 1.32 bits per heavy atom. The molecule has 0 aliphatic rings. The van der Waals surface area contributed by atoms with E-state index in [1.54, 1.807) is 6.92 Å². The molecule has 0 aromatic heterocycles. The van der Waals surface area contributed by atoms with Crippen LogP contribution in [0, 0.1) is 11.8 Å². The number of esters is 1. The molecule has 1 aromatic rings. The van der Waals surface area contributed by atoms with Crippen LogP contribution in [0.15, 0.2) is 30.3 Å². The van der Waals surface area contributed by atoms with Crippen molar-refractivity contribution in [1.29, 1.82) is 0 Å². The molecule has 1 rings (SSSR count). The summed E-state index contributed by atoms with van der Waals surface area (Å²) in [5, 5.41) is 0. The fourth-order valence-electron chi connectivity index (χ4n) is 2.04. The maximum absolute atomic E-state index is 11.3. The third-order valence-corrected chi connectivity index (χ3v) is 3.28. The lowest BCUT2D eigenvalue weighted by Crippen LogP contribution is -2.38. The lowest BCUT2D eigenvalue weighted by molar-refractivity contribution is -0.148. The van der Waals surface area contributed by atoms with Gasteiger partial charge in [0, 0.05) is 6.04 Å². The maximum Gasteiger partial charge on any atom is 0.332 e. The second-order valence-corrected chi connectivity index (χ2v) is 5.01. The number of ether oxygens (including phenoxy) is 2. The number of rotatable bonds is 9. The number of carbonyl (C=O) groups excluding carboxylic acids is 1. The molecule has 4 heteroatoms. The third-order valence-electron chi connectivity index (χ3n) is 3.28. The lowest BCUT2D eigenvalue weighted by atomic mass is 10.1. The van der Waals surface area contributed by atoms with Crippen molar-refractivity contribution in [2.24, 2.45) is 0 Å². The van der Waals surface area contributed by atoms with Crippen LogP contribution in [0.1, 0.15) is 19.4 Å². The van der Waals surface area contributed by atoms with Crippen LogP contribution in [0.2, 0.25) is 0 Å². The Balaban J connectivity index is 2.57. The molecule has 0 N–H and O–H groups in total. The summed E-state index contributed by atoms with van der Waals surface area (Å²) in [5.41, 5.74) is 1.24. The minimum Gasteiger partial charge on any atom is -0.464 e. The largest absolute Gasteiger partial charge is 0.464 e. The smallest absolute Gasteiger partial charge is 0.332 e. The molecular weight excluding hydrogens is 278 g/mol. The van der Waals surface area contributed by atoms with Crippen LogP contribution in [0.25, 0.3) is 0 Å². The molecule has 120 valence electrons. The molecule has 0 spiro atoms. The van der Waals surface area contributed by atoms with Crippen LogP contribution in [-0.4, -0.2) is 50.3 Å². The third kappa shape index (κ3) is 7.26. The Kier molecular flexibility index (Phi) is 8.97. The molecular formula is C18H25NO3. The van der Waals surface area contributed by atoms with Crippen molar-refractivity contribution < 1.29 is 14.3 Å². The first-order chi connectivity index (χ1) is 10.7. The van der Waals surface area contributed by atoms with Crippen LogP contribution in [0.4, 0.5) is 0 Å². The van der Waals surface area contributed by atoms with Gasteiger partial charge in [0.25, 0.3) is 0 Å². The summed E-state index contributed by atoms with van der Waals surface area (Å²) in [4.78, 5) is 13.5. The zero-order chi connectivity index (χ0) is 16.2. The molecule has 0 bridgehead atoms. The highest BCUT2D eigenvalue weighted by Crippen LogP contribution is 2.08. The molecule has 0 unspecified atom stereocenters. The summed E-state index contributed by atoms with van der Waals surface area (Å²) >= 11 is 0. The quantitative estimate of drug-likeness (QED) is 0.517. The van der Waals surface area contributed by atoms with Gasteiger partial charge < -0.3 is 9.47 Å². The van der Waals surface area contributed by atoms with Crippen LogP contribution < -0.4 is 0 Å². The zero-order valence-corrected chi connectivity index (χ0v) is 13.7. The van der Waals surface area contributed by atoms with Gasteiger partial charge in [-0.25, -0.2) is 4.79 Å². The fourth-order valence-corrected chi connectivity index (χ4v) is 2.04. The van der Waals surface area contributed by atoms with Gasteiger partial charge in [0.15, 0.2) is 0 Å². The van der Waals surface area contributed by atoms with Crippen LogP contribution in [0.3, 0.4) is 0 Å². The highest BCUT2D eigenvalue weighted by molar-refractivity contribution is 5.70. The van der Waals surface area contributed by atoms with Crippen molar-refractivity contribution in [2.45, 2.75) is 26.3 Å². The minimum atomic E-state index is -0.322. The zero-order valence-electron chi connectivity index (χ0n) is 13.7. The number of likely N-dealkylation sites (N-methyl/N-ethyl adjacent to an activating group) is 1. The summed E-state index contributed by atoms with van der Waals surface area (Å²) in [6.07, 6.45) is 0.853. The molecule has 22 heavy (non-hydrogen) atoms. The van der Waals surface area contributed by atoms with Crippen molar-refractivity contribution in [3.63, 3.8) is 0 Å². The van der Waals surface area contributed by atoms with Gasteiger partial charge in [-0.1, -0.05) is 36.3 Å². The summed E-state index contributed by atoms with van der Waals surface area (Å²) in [6.45, 7) is 5.13. The monoisotopic (exact) mass is 303 g/mol. The summed E-state index contributed by atoms with van der Waals surface area (Å²) in [6, 6.07) is 10.4. The lowest BCUT2D eigenvalue weighted by Gasteiger charge is -2.26. The number of hydrogen-bond donors (Lipinski definition) is 0. The second kappa shape index (κ2) is 10.8. The highest BCUT2D eigenvalue weighted by Gasteiger charge is 2.16. The van der Waals surface area contributed by atoms with Crippen molar-refractivity contribution in [3.05, 3.63) is 35.9 Å². The molecule has 0 saturated carbocycles. The van der Waals surface area contributed by atoms with E-state index in [2.05, 4.69) is 28.9 Å². The Bertz CT molecular complexity index is 490. The Hall–Kier alpha value is -1.83. The number of carbonyl (C=O) groups is 1. The Labute approximate surface area is 133 Å². The molecule has 0 aliphatic heterocycles. The van der Waals surface area contributed by atoms with E-state index < -0.39 is 0 Å². The molecule has 0 fully saturated rings. The van der Waals surface area contributed by atoms with Crippen molar-refractivity contribution in [3.8, 4) is 11.8 Å². The summed E-state index contributed by atoms with van der Waals surface area (Å²) in [7, 11) is 2.02. The molecule has 0 radical (unpaired) electrons. The highest BCUT2D eigenvalue weighted by atomic mass is 16.6. The number of hydrogen-bond acceptors (Lipinski definition) is 4. The average molecular weight is 303 g/mol. The Morgan fingerprint density at radius 3 is 2.68 bits per heavy atom. The van der Waals surface area contributed by atoms with E-state index in [0.717, 1.165) is 6.42 Å². The van der Waals surface area contributed by atoms with Crippen molar-refractivity contribution in [2.75, 3.05) is 33.4 Å². The van der Waals surface area contributed by atoms with Crippen molar-refractivity contribution >= 4 is 5.97 Å². The van der Waals surface area contributed by atoms with Gasteiger partial charge in [-0.2, -0.15) is 0 Å². The van der Waals surface area contributed by atoms with Gasteiger partial charge in [-0.05, 0) is 32.9 Å². The first-order valence-corrected chi connectivity index (χ1v) is 7.54. The molecule has 0 heterocycles. The van der Waals surface area contributed by atoms with Crippen LogP contribution >= 0.6 is 0 Å². The standard InChI is InChI=1S/C18H25NO3/c1-4-6-12-19(3)17(13-16-10-8-7-9-11-16)14-21-15-18(20)22-5-2/h7-11,17H,5,12-15H2,1-3H3/t17-/m0/s1. The predicted molar refractivity (Wildman–Crippen MR) is 87.5 cm³/mol. The van der Waals surface area contributed by atoms with Gasteiger partial charge in [0.2, 0.25) is 0 Å². The van der Waals surface area contributed by atoms with E-state index in [1.807, 2.05) is 32.2 Å². The summed E-state index contributed by atoms with van der Waals surface area (Å²) < 4.78 is 10.4. The maximum atomic E-state index is 11.3. The molecule has 0 amide bonds. The van der Waals surface area contributed by atoms with Gasteiger partial charge in [-0.15, -0.1) is 5.92 Å². The Morgan fingerprint density at radius 2 is 2.05 bits per heavy atom. The summed E-state index contributed by atoms with van der Waals surface area (Å²) in [5.74, 6) is 5.64. The first-order valence-electron chi connectivity index (χ1n) is 7.54. The minimum absolute atomic E-state index is 0.00751. The number of nitrogens with zero attached hydrogens (tertiary/aromatic N) is 1. The van der Waals surface area contributed by atoms with Crippen LogP contribution in [0.5, 0.6) is 0 Å². The molecule has 1 atom stereocenters. The van der Waals surface area contributed by atoms with E-state index >= 15 is 0 Å². The second-order valence-electron chi connectivity index (χ2n) is 5.01. The fraction of sp³-hybridized carbons (Fsp3) is 0.500. The van der Waals surface area contributed by atoms with E-state index in [1.165, 1.54) is 5.56 Å². The van der Waals surface area contributed by atoms with Gasteiger partial charge in [-0.3, -0.25) is 4.90 Å². The van der Waals surface area contributed by atoms with Gasteiger partial charge in [0.05, 0.1) is 19.8 Å². The van der Waals surface area contributed by atoms with Crippen LogP contribution in [-0.2, 0) is 20.7 Å². The molecule has 4 nitrogen and oxygen atoms in total. The molecule has 0 saturated heterocycles. The average Bonchev–Trinajstić information content (AvgIpc) is 2.53. The van der Waals surface area contributed by atoms with E-state index in [4.69, 9.17) is 9.47 Å². The van der Waals surface area contributed by atoms with Gasteiger partial charge in [0.1, 0.15) is 6.61 Å². The van der Waals surface area contributed by atoms with Crippen molar-refractivity contribution in [1.82, 2.24) is 4.90 Å². The van der Waals surface area contributed by atoms with E-state index in [9.17, 15) is 4.79 Å². The molecule has 1 aromatic carbocycles. The number of benzene rings is 1. The normalized spacial score (nSPS) is 11.6. The molecule has 0 aliphatic carbocycles. The van der Waals surface area contributed by atoms with E-state index in [0.29, 0.717) is 19.8 Å². The SMILES string of the molecule is CC#CCN(C)[C@H](COCC(=O)OCC)Cc1ccccc1.